The molecule has 2 fully saturated rings. The van der Waals surface area contributed by atoms with Crippen molar-refractivity contribution < 1.29 is 9.59 Å². The summed E-state index contributed by atoms with van der Waals surface area (Å²) in [6.07, 6.45) is 9.19. The molecule has 1 aromatic heterocycles. The Morgan fingerprint density at radius 2 is 2.00 bits per heavy atom. The van der Waals surface area contributed by atoms with Gasteiger partial charge in [0.25, 0.3) is 0 Å². The molecular weight excluding hydrogens is 312 g/mol. The van der Waals surface area contributed by atoms with Gasteiger partial charge in [-0.3, -0.25) is 4.79 Å². The van der Waals surface area contributed by atoms with Crippen molar-refractivity contribution in [2.45, 2.75) is 51.0 Å². The van der Waals surface area contributed by atoms with E-state index in [2.05, 4.69) is 15.6 Å². The zero-order chi connectivity index (χ0) is 16.1. The lowest BCUT2D eigenvalue weighted by atomic mass is 9.95. The first-order valence-corrected chi connectivity index (χ1v) is 9.36. The number of hydrogen-bond acceptors (Lipinski definition) is 4. The summed E-state index contributed by atoms with van der Waals surface area (Å²) in [6, 6.07) is 0.296. The molecule has 1 aliphatic heterocycles. The molecule has 6 nitrogen and oxygen atoms in total. The molecule has 2 heterocycles. The third-order valence-corrected chi connectivity index (χ3v) is 5.36. The van der Waals surface area contributed by atoms with Gasteiger partial charge in [-0.25, -0.2) is 9.78 Å². The van der Waals surface area contributed by atoms with E-state index >= 15 is 0 Å². The van der Waals surface area contributed by atoms with Crippen molar-refractivity contribution in [3.05, 3.63) is 11.6 Å². The van der Waals surface area contributed by atoms with E-state index in [0.29, 0.717) is 17.7 Å². The number of hydrogen-bond donors (Lipinski definition) is 2. The van der Waals surface area contributed by atoms with Gasteiger partial charge in [-0.05, 0) is 25.7 Å². The lowest BCUT2D eigenvalue weighted by molar-refractivity contribution is -0.121. The molecule has 3 rings (SSSR count). The molecule has 2 N–H and O–H groups in total. The molecule has 0 radical (unpaired) electrons. The zero-order valence-electron chi connectivity index (χ0n) is 13.3. The first kappa shape index (κ1) is 16.2. The minimum absolute atomic E-state index is 0.0105. The summed E-state index contributed by atoms with van der Waals surface area (Å²) < 4.78 is 0. The number of anilines is 1. The third kappa shape index (κ3) is 4.43. The summed E-state index contributed by atoms with van der Waals surface area (Å²) in [6.45, 7) is 1.23. The molecular formula is C16H24N4O2S. The van der Waals surface area contributed by atoms with Crippen LogP contribution in [-0.4, -0.2) is 41.0 Å². The average molecular weight is 336 g/mol. The summed E-state index contributed by atoms with van der Waals surface area (Å²) in [5.41, 5.74) is 0. The Morgan fingerprint density at radius 1 is 1.17 bits per heavy atom. The fourth-order valence-corrected chi connectivity index (χ4v) is 3.91. The first-order chi connectivity index (χ1) is 11.2. The normalized spacial score (nSPS) is 22.6. The Hall–Kier alpha value is -1.63. The van der Waals surface area contributed by atoms with Crippen molar-refractivity contribution in [1.82, 2.24) is 15.2 Å². The average Bonchev–Trinajstić information content (AvgIpc) is 3.09. The Morgan fingerprint density at radius 3 is 2.74 bits per heavy atom. The third-order valence-electron chi connectivity index (χ3n) is 4.67. The van der Waals surface area contributed by atoms with E-state index in [1.165, 1.54) is 30.6 Å². The maximum Gasteiger partial charge on any atom is 0.317 e. The molecule has 1 atom stereocenters. The van der Waals surface area contributed by atoms with Crippen molar-refractivity contribution in [1.29, 1.82) is 0 Å². The molecule has 7 heteroatoms. The maximum absolute atomic E-state index is 12.4. The van der Waals surface area contributed by atoms with Crippen molar-refractivity contribution in [2.75, 3.05) is 18.4 Å². The second kappa shape index (κ2) is 7.77. The van der Waals surface area contributed by atoms with Gasteiger partial charge in [-0.1, -0.05) is 19.3 Å². The van der Waals surface area contributed by atoms with Gasteiger partial charge in [0.1, 0.15) is 0 Å². The van der Waals surface area contributed by atoms with Crippen LogP contribution in [-0.2, 0) is 4.79 Å². The van der Waals surface area contributed by atoms with Crippen LogP contribution < -0.4 is 10.6 Å². The van der Waals surface area contributed by atoms with Gasteiger partial charge >= 0.3 is 6.03 Å². The van der Waals surface area contributed by atoms with Crippen LogP contribution in [0.1, 0.15) is 44.9 Å². The van der Waals surface area contributed by atoms with Gasteiger partial charge in [0.15, 0.2) is 5.13 Å². The zero-order valence-corrected chi connectivity index (χ0v) is 14.1. The predicted octanol–water partition coefficient (Wildman–Crippen LogP) is 2.84. The fourth-order valence-electron chi connectivity index (χ4n) is 3.38. The topological polar surface area (TPSA) is 74.3 Å². The van der Waals surface area contributed by atoms with Crippen LogP contribution in [0.5, 0.6) is 0 Å². The van der Waals surface area contributed by atoms with E-state index in [0.717, 1.165) is 32.2 Å². The number of aromatic nitrogens is 1. The van der Waals surface area contributed by atoms with Gasteiger partial charge in [-0.15, -0.1) is 11.3 Å². The number of nitrogens with zero attached hydrogens (tertiary/aromatic N) is 2. The minimum Gasteiger partial charge on any atom is -0.335 e. The van der Waals surface area contributed by atoms with Gasteiger partial charge in [0, 0.05) is 30.7 Å². The van der Waals surface area contributed by atoms with Gasteiger partial charge in [-0.2, -0.15) is 0 Å². The smallest absolute Gasteiger partial charge is 0.317 e. The van der Waals surface area contributed by atoms with E-state index in [1.807, 2.05) is 5.38 Å². The number of thiazole rings is 1. The molecule has 0 bridgehead atoms. The van der Waals surface area contributed by atoms with E-state index in [9.17, 15) is 9.59 Å². The van der Waals surface area contributed by atoms with Crippen LogP contribution in [0.3, 0.4) is 0 Å². The second-order valence-corrected chi connectivity index (χ2v) is 7.29. The molecule has 23 heavy (non-hydrogen) atoms. The highest BCUT2D eigenvalue weighted by Gasteiger charge is 2.29. The van der Waals surface area contributed by atoms with E-state index in [1.54, 1.807) is 11.1 Å². The van der Waals surface area contributed by atoms with E-state index in [4.69, 9.17) is 0 Å². The molecule has 1 aromatic rings. The van der Waals surface area contributed by atoms with Crippen molar-refractivity contribution in [3.63, 3.8) is 0 Å². The molecule has 0 aromatic carbocycles. The highest BCUT2D eigenvalue weighted by molar-refractivity contribution is 7.13. The Bertz CT molecular complexity index is 528. The molecule has 0 spiro atoms. The molecule has 1 unspecified atom stereocenters. The van der Waals surface area contributed by atoms with Gasteiger partial charge in [0.2, 0.25) is 5.91 Å². The number of urea groups is 1. The van der Waals surface area contributed by atoms with Crippen LogP contribution in [0, 0.1) is 5.92 Å². The number of amides is 3. The van der Waals surface area contributed by atoms with Crippen LogP contribution in [0.4, 0.5) is 9.93 Å². The van der Waals surface area contributed by atoms with Crippen LogP contribution in [0.15, 0.2) is 11.6 Å². The van der Waals surface area contributed by atoms with Crippen molar-refractivity contribution in [3.8, 4) is 0 Å². The molecule has 1 saturated heterocycles. The van der Waals surface area contributed by atoms with Crippen LogP contribution in [0.2, 0.25) is 0 Å². The number of carbonyl (C=O) groups excluding carboxylic acids is 2. The molecule has 126 valence electrons. The van der Waals surface area contributed by atoms with Crippen molar-refractivity contribution >= 4 is 28.4 Å². The monoisotopic (exact) mass is 336 g/mol. The summed E-state index contributed by atoms with van der Waals surface area (Å²) in [7, 11) is 0. The highest BCUT2D eigenvalue weighted by atomic mass is 32.1. The standard InChI is InChI=1S/C16H24N4O2S/c21-14(19-15-17-8-10-23-15)12-5-4-9-20(11-12)16(22)18-13-6-2-1-3-7-13/h8,10,12-13H,1-7,9,11H2,(H,18,22)(H,17,19,21). The predicted molar refractivity (Wildman–Crippen MR) is 90.4 cm³/mol. The number of nitrogens with one attached hydrogen (secondary N) is 2. The quantitative estimate of drug-likeness (QED) is 0.891. The number of carbonyl (C=O) groups is 2. The van der Waals surface area contributed by atoms with Gasteiger partial charge < -0.3 is 15.5 Å². The van der Waals surface area contributed by atoms with Gasteiger partial charge in [0.05, 0.1) is 5.92 Å². The summed E-state index contributed by atoms with van der Waals surface area (Å²) >= 11 is 1.41. The minimum atomic E-state index is -0.148. The van der Waals surface area contributed by atoms with Crippen molar-refractivity contribution in [2.24, 2.45) is 5.92 Å². The number of rotatable bonds is 3. The van der Waals surface area contributed by atoms with Crippen LogP contribution in [0.25, 0.3) is 0 Å². The Balaban J connectivity index is 1.50. The molecule has 1 aliphatic carbocycles. The number of piperidine rings is 1. The maximum atomic E-state index is 12.4. The first-order valence-electron chi connectivity index (χ1n) is 8.48. The largest absolute Gasteiger partial charge is 0.335 e. The van der Waals surface area contributed by atoms with Crippen LogP contribution >= 0.6 is 11.3 Å². The van der Waals surface area contributed by atoms with E-state index < -0.39 is 0 Å². The molecule has 3 amide bonds. The summed E-state index contributed by atoms with van der Waals surface area (Å²) in [5.74, 6) is -0.181. The summed E-state index contributed by atoms with van der Waals surface area (Å²) in [5, 5.41) is 8.44. The SMILES string of the molecule is O=C(Nc1nccs1)C1CCCN(C(=O)NC2CCCCC2)C1. The summed E-state index contributed by atoms with van der Waals surface area (Å²) in [4.78, 5) is 30.6. The molecule has 1 saturated carbocycles. The lowest BCUT2D eigenvalue weighted by Gasteiger charge is -2.34. The fraction of sp³-hybridized carbons (Fsp3) is 0.688. The number of likely N-dealkylation sites (tertiary alicyclic amines) is 1. The molecule has 2 aliphatic rings. The Labute approximate surface area is 140 Å². The second-order valence-electron chi connectivity index (χ2n) is 6.40. The van der Waals surface area contributed by atoms with E-state index in [-0.39, 0.29) is 17.9 Å². The lowest BCUT2D eigenvalue weighted by Crippen LogP contribution is -2.50. The Kier molecular flexibility index (Phi) is 5.48. The highest BCUT2D eigenvalue weighted by Crippen LogP contribution is 2.21.